The van der Waals surface area contributed by atoms with Crippen LogP contribution in [-0.4, -0.2) is 11.9 Å². The second-order valence-corrected chi connectivity index (χ2v) is 4.32. The van der Waals surface area contributed by atoms with Crippen molar-refractivity contribution in [1.82, 2.24) is 5.53 Å². The van der Waals surface area contributed by atoms with Gasteiger partial charge in [0.2, 0.25) is 0 Å². The van der Waals surface area contributed by atoms with E-state index in [2.05, 4.69) is 15.7 Å². The molecule has 0 aromatic heterocycles. The fourth-order valence-corrected chi connectivity index (χ4v) is 1.93. The number of hydrogen-bond donors (Lipinski definition) is 1. The molecule has 0 fully saturated rings. The second-order valence-electron chi connectivity index (χ2n) is 4.32. The van der Waals surface area contributed by atoms with Crippen LogP contribution in [0.15, 0.2) is 46.6 Å². The minimum Gasteiger partial charge on any atom is -0.206 e. The predicted octanol–water partition coefficient (Wildman–Crippen LogP) is 2.96. The molecule has 0 saturated heterocycles. The van der Waals surface area contributed by atoms with Crippen molar-refractivity contribution in [3.63, 3.8) is 0 Å². The van der Waals surface area contributed by atoms with Gasteiger partial charge in [0.15, 0.2) is 17.3 Å². The van der Waals surface area contributed by atoms with Crippen molar-refractivity contribution in [2.75, 3.05) is 5.12 Å². The summed E-state index contributed by atoms with van der Waals surface area (Å²) < 4.78 is 54.5. The molecule has 2 aromatic carbocycles. The van der Waals surface area contributed by atoms with E-state index in [-0.39, 0.29) is 11.3 Å². The Morgan fingerprint density at radius 1 is 0.818 bits per heavy atom. The number of hydrazone groups is 2. The predicted molar refractivity (Wildman–Crippen MR) is 73.4 cm³/mol. The van der Waals surface area contributed by atoms with Crippen molar-refractivity contribution < 1.29 is 17.6 Å². The number of rotatable bonds is 2. The van der Waals surface area contributed by atoms with Gasteiger partial charge in [0.05, 0.1) is 11.8 Å². The molecule has 22 heavy (non-hydrogen) atoms. The summed E-state index contributed by atoms with van der Waals surface area (Å²) in [7, 11) is 0. The number of nitrogens with one attached hydrogen (secondary N) is 1. The maximum atomic E-state index is 13.6. The van der Waals surface area contributed by atoms with Gasteiger partial charge < -0.3 is 0 Å². The first kappa shape index (κ1) is 14.1. The first-order valence-electron chi connectivity index (χ1n) is 6.14. The normalized spacial score (nSPS) is 13.8. The standard InChI is InChI=1S/C14H8F4N4/c15-8-3-1-4-9(16)13(8)12-7-19-22(21-20-12)14-10(17)5-2-6-11(14)18/h1-7,21H. The van der Waals surface area contributed by atoms with E-state index in [1.807, 2.05) is 0 Å². The largest absolute Gasteiger partial charge is 0.206 e. The van der Waals surface area contributed by atoms with Crippen LogP contribution in [0.25, 0.3) is 0 Å². The van der Waals surface area contributed by atoms with Gasteiger partial charge in [-0.15, -0.1) is 0 Å². The van der Waals surface area contributed by atoms with Gasteiger partial charge in [-0.25, -0.2) is 17.6 Å². The van der Waals surface area contributed by atoms with Gasteiger partial charge in [0.1, 0.15) is 17.3 Å². The molecule has 8 heteroatoms. The zero-order chi connectivity index (χ0) is 15.7. The van der Waals surface area contributed by atoms with Crippen LogP contribution in [0.5, 0.6) is 0 Å². The summed E-state index contributed by atoms with van der Waals surface area (Å²) in [6.45, 7) is 0. The van der Waals surface area contributed by atoms with Crippen LogP contribution in [0, 0.1) is 23.3 Å². The lowest BCUT2D eigenvalue weighted by molar-refractivity contribution is 0.550. The number of anilines is 1. The van der Waals surface area contributed by atoms with Crippen LogP contribution in [0.3, 0.4) is 0 Å². The van der Waals surface area contributed by atoms with Crippen molar-refractivity contribution in [1.29, 1.82) is 0 Å². The molecule has 1 N–H and O–H groups in total. The molecule has 0 amide bonds. The Morgan fingerprint density at radius 3 is 1.86 bits per heavy atom. The molecular formula is C14H8F4N4. The Hall–Kier alpha value is -2.90. The Balaban J connectivity index is 1.92. The SMILES string of the molecule is Fc1cccc(F)c1C1=NNN(c2c(F)cccc2F)N=C1. The number of benzene rings is 2. The van der Waals surface area contributed by atoms with E-state index in [0.717, 1.165) is 35.6 Å². The van der Waals surface area contributed by atoms with E-state index in [0.29, 0.717) is 0 Å². The van der Waals surface area contributed by atoms with Crippen molar-refractivity contribution in [3.8, 4) is 0 Å². The van der Waals surface area contributed by atoms with E-state index in [1.54, 1.807) is 0 Å². The number of hydrazine groups is 1. The summed E-state index contributed by atoms with van der Waals surface area (Å²) in [5.74, 6) is -3.37. The van der Waals surface area contributed by atoms with Gasteiger partial charge in [-0.1, -0.05) is 12.1 Å². The molecule has 0 spiro atoms. The highest BCUT2D eigenvalue weighted by molar-refractivity contribution is 6.38. The molecule has 0 unspecified atom stereocenters. The van der Waals surface area contributed by atoms with E-state index in [1.165, 1.54) is 12.1 Å². The fourth-order valence-electron chi connectivity index (χ4n) is 1.93. The molecule has 0 atom stereocenters. The van der Waals surface area contributed by atoms with Crippen molar-refractivity contribution in [2.45, 2.75) is 0 Å². The van der Waals surface area contributed by atoms with Gasteiger partial charge in [-0.3, -0.25) is 0 Å². The van der Waals surface area contributed by atoms with Crippen LogP contribution >= 0.6 is 0 Å². The lowest BCUT2D eigenvalue weighted by Crippen LogP contribution is -2.36. The van der Waals surface area contributed by atoms with E-state index in [4.69, 9.17) is 0 Å². The minimum absolute atomic E-state index is 0.136. The summed E-state index contributed by atoms with van der Waals surface area (Å²) in [6, 6.07) is 6.64. The highest BCUT2D eigenvalue weighted by Gasteiger charge is 2.21. The zero-order valence-electron chi connectivity index (χ0n) is 10.9. The summed E-state index contributed by atoms with van der Waals surface area (Å²) >= 11 is 0. The summed E-state index contributed by atoms with van der Waals surface area (Å²) in [5.41, 5.74) is 1.24. The Morgan fingerprint density at radius 2 is 1.36 bits per heavy atom. The third-order valence-electron chi connectivity index (χ3n) is 2.93. The summed E-state index contributed by atoms with van der Waals surface area (Å²) in [5, 5.41) is 8.13. The quantitative estimate of drug-likeness (QED) is 0.867. The van der Waals surface area contributed by atoms with E-state index in [9.17, 15) is 17.6 Å². The first-order chi connectivity index (χ1) is 10.6. The van der Waals surface area contributed by atoms with Crippen LogP contribution in [0.1, 0.15) is 5.56 Å². The lowest BCUT2D eigenvalue weighted by atomic mass is 10.1. The molecule has 112 valence electrons. The monoisotopic (exact) mass is 308 g/mol. The van der Waals surface area contributed by atoms with Gasteiger partial charge in [-0.05, 0) is 24.3 Å². The van der Waals surface area contributed by atoms with Gasteiger partial charge in [0.25, 0.3) is 0 Å². The maximum absolute atomic E-state index is 13.6. The van der Waals surface area contributed by atoms with Crippen molar-refractivity contribution >= 4 is 17.6 Å². The molecule has 0 bridgehead atoms. The first-order valence-corrected chi connectivity index (χ1v) is 6.14. The van der Waals surface area contributed by atoms with Gasteiger partial charge >= 0.3 is 0 Å². The average Bonchev–Trinajstić information content (AvgIpc) is 2.48. The number of para-hydroxylation sites is 1. The summed E-state index contributed by atoms with van der Waals surface area (Å²) in [6.07, 6.45) is 1.00. The van der Waals surface area contributed by atoms with E-state index >= 15 is 0 Å². The molecular weight excluding hydrogens is 300 g/mol. The highest BCUT2D eigenvalue weighted by atomic mass is 19.1. The van der Waals surface area contributed by atoms with E-state index < -0.39 is 29.0 Å². The Labute approximate surface area is 122 Å². The topological polar surface area (TPSA) is 40.0 Å². The lowest BCUT2D eigenvalue weighted by Gasteiger charge is -2.22. The molecule has 1 aliphatic heterocycles. The van der Waals surface area contributed by atoms with Crippen LogP contribution in [-0.2, 0) is 0 Å². The number of hydrogen-bond acceptors (Lipinski definition) is 4. The smallest absolute Gasteiger partial charge is 0.156 e. The van der Waals surface area contributed by atoms with Crippen molar-refractivity contribution in [3.05, 3.63) is 65.2 Å². The maximum Gasteiger partial charge on any atom is 0.156 e. The fraction of sp³-hybridized carbons (Fsp3) is 0. The van der Waals surface area contributed by atoms with Crippen molar-refractivity contribution in [2.24, 2.45) is 10.2 Å². The highest BCUT2D eigenvalue weighted by Crippen LogP contribution is 2.23. The molecule has 0 aliphatic carbocycles. The molecule has 3 rings (SSSR count). The number of nitrogens with zero attached hydrogens (tertiary/aromatic N) is 3. The Bertz CT molecular complexity index is 748. The molecule has 2 aromatic rings. The Kier molecular flexibility index (Phi) is 3.50. The molecule has 0 saturated carbocycles. The van der Waals surface area contributed by atoms with Crippen LogP contribution in [0.2, 0.25) is 0 Å². The van der Waals surface area contributed by atoms with Gasteiger partial charge in [0, 0.05) is 0 Å². The molecule has 4 nitrogen and oxygen atoms in total. The third-order valence-corrected chi connectivity index (χ3v) is 2.93. The molecule has 0 radical (unpaired) electrons. The zero-order valence-corrected chi connectivity index (χ0v) is 10.9. The van der Waals surface area contributed by atoms with Crippen LogP contribution < -0.4 is 10.7 Å². The average molecular weight is 308 g/mol. The van der Waals surface area contributed by atoms with Gasteiger partial charge in [-0.2, -0.15) is 20.9 Å². The molecule has 1 heterocycles. The second kappa shape index (κ2) is 5.47. The molecule has 1 aliphatic rings. The summed E-state index contributed by atoms with van der Waals surface area (Å²) in [4.78, 5) is 0. The van der Waals surface area contributed by atoms with Crippen LogP contribution in [0.4, 0.5) is 23.2 Å². The third kappa shape index (κ3) is 2.39. The minimum atomic E-state index is -0.861. The number of halogens is 4.